The minimum Gasteiger partial charge on any atom is -0.384 e. The molecule has 0 spiro atoms. The Bertz CT molecular complexity index is 624. The summed E-state index contributed by atoms with van der Waals surface area (Å²) in [7, 11) is 0. The highest BCUT2D eigenvalue weighted by Gasteiger charge is 2.24. The number of halogens is 2. The molecule has 0 amide bonds. The normalized spacial score (nSPS) is 17.7. The Morgan fingerprint density at radius 3 is 2.89 bits per heavy atom. The summed E-state index contributed by atoms with van der Waals surface area (Å²) in [5.74, 6) is -0.0607. The zero-order chi connectivity index (χ0) is 13.4. The third-order valence-corrected chi connectivity index (χ3v) is 3.94. The first kappa shape index (κ1) is 12.5. The summed E-state index contributed by atoms with van der Waals surface area (Å²) in [4.78, 5) is 0. The van der Waals surface area contributed by atoms with Crippen LogP contribution in [0.1, 0.15) is 29.0 Å². The summed E-state index contributed by atoms with van der Waals surface area (Å²) in [5.41, 5.74) is 4.28. The number of hydrogen-bond donors (Lipinski definition) is 1. The van der Waals surface area contributed by atoms with Gasteiger partial charge in [-0.1, -0.05) is 41.4 Å². The molecule has 1 N–H and O–H groups in total. The topological polar surface area (TPSA) is 12.0 Å². The van der Waals surface area contributed by atoms with Crippen LogP contribution in [0.4, 0.5) is 10.1 Å². The van der Waals surface area contributed by atoms with E-state index in [4.69, 9.17) is 11.6 Å². The maximum atomic E-state index is 13.6. The van der Waals surface area contributed by atoms with E-state index in [0.717, 1.165) is 24.2 Å². The molecule has 0 fully saturated rings. The smallest absolute Gasteiger partial charge is 0.125 e. The lowest BCUT2D eigenvalue weighted by atomic mass is 9.84. The van der Waals surface area contributed by atoms with Gasteiger partial charge in [0.05, 0.1) is 10.7 Å². The summed E-state index contributed by atoms with van der Waals surface area (Å²) < 4.78 is 13.6. The van der Waals surface area contributed by atoms with Crippen molar-refractivity contribution in [2.75, 3.05) is 11.9 Å². The highest BCUT2D eigenvalue weighted by molar-refractivity contribution is 6.33. The molecule has 0 saturated carbocycles. The van der Waals surface area contributed by atoms with Crippen LogP contribution in [0.3, 0.4) is 0 Å². The molecule has 1 atom stereocenters. The minimum atomic E-state index is -0.273. The van der Waals surface area contributed by atoms with E-state index in [0.29, 0.717) is 5.02 Å². The first-order valence-corrected chi connectivity index (χ1v) is 6.82. The molecule has 3 rings (SSSR count). The van der Waals surface area contributed by atoms with Gasteiger partial charge in [-0.05, 0) is 36.6 Å². The quantitative estimate of drug-likeness (QED) is 0.793. The van der Waals surface area contributed by atoms with E-state index in [9.17, 15) is 4.39 Å². The second-order valence-corrected chi connectivity index (χ2v) is 5.44. The summed E-state index contributed by atoms with van der Waals surface area (Å²) in [6, 6.07) is 11.4. The summed E-state index contributed by atoms with van der Waals surface area (Å²) in [6.07, 6.45) is 0.955. The number of hydrogen-bond acceptors (Lipinski definition) is 1. The van der Waals surface area contributed by atoms with Crippen LogP contribution in [0.5, 0.6) is 0 Å². The van der Waals surface area contributed by atoms with Crippen molar-refractivity contribution in [3.63, 3.8) is 0 Å². The Balaban J connectivity index is 2.12. The third-order valence-electron chi connectivity index (χ3n) is 3.64. The molecule has 1 unspecified atom stereocenters. The van der Waals surface area contributed by atoms with E-state index in [1.165, 1.54) is 17.2 Å². The van der Waals surface area contributed by atoms with Crippen molar-refractivity contribution in [3.05, 3.63) is 63.9 Å². The lowest BCUT2D eigenvalue weighted by molar-refractivity contribution is 0.619. The predicted octanol–water partition coefficient (Wildman–Crippen LogP) is 4.74. The minimum absolute atomic E-state index is 0.212. The van der Waals surface area contributed by atoms with E-state index < -0.39 is 0 Å². The molecular formula is C16H15ClFN. The molecule has 0 saturated heterocycles. The van der Waals surface area contributed by atoms with Gasteiger partial charge in [0, 0.05) is 12.5 Å². The molecule has 19 heavy (non-hydrogen) atoms. The zero-order valence-corrected chi connectivity index (χ0v) is 11.5. The lowest BCUT2D eigenvalue weighted by Crippen LogP contribution is -2.18. The molecule has 0 aromatic heterocycles. The van der Waals surface area contributed by atoms with Crippen LogP contribution in [0.15, 0.2) is 36.4 Å². The van der Waals surface area contributed by atoms with E-state index in [1.54, 1.807) is 6.07 Å². The average molecular weight is 276 g/mol. The Morgan fingerprint density at radius 2 is 2.11 bits per heavy atom. The van der Waals surface area contributed by atoms with Gasteiger partial charge in [0.2, 0.25) is 0 Å². The highest BCUT2D eigenvalue weighted by Crippen LogP contribution is 2.40. The first-order valence-electron chi connectivity index (χ1n) is 6.44. The van der Waals surface area contributed by atoms with E-state index in [1.807, 2.05) is 6.07 Å². The summed E-state index contributed by atoms with van der Waals surface area (Å²) >= 11 is 6.13. The van der Waals surface area contributed by atoms with Gasteiger partial charge in [-0.25, -0.2) is 4.39 Å². The number of benzene rings is 2. The monoisotopic (exact) mass is 275 g/mol. The van der Waals surface area contributed by atoms with E-state index >= 15 is 0 Å². The summed E-state index contributed by atoms with van der Waals surface area (Å²) in [6.45, 7) is 2.93. The van der Waals surface area contributed by atoms with Crippen LogP contribution in [0, 0.1) is 12.7 Å². The summed E-state index contributed by atoms with van der Waals surface area (Å²) in [5, 5.41) is 3.74. The van der Waals surface area contributed by atoms with Crippen molar-refractivity contribution in [1.82, 2.24) is 0 Å². The SMILES string of the molecule is Cc1cccc(C2CCNc3c(Cl)cc(F)cc32)c1. The van der Waals surface area contributed by atoms with Gasteiger partial charge in [0.15, 0.2) is 0 Å². The number of rotatable bonds is 1. The van der Waals surface area contributed by atoms with Crippen molar-refractivity contribution < 1.29 is 4.39 Å². The predicted molar refractivity (Wildman–Crippen MR) is 77.5 cm³/mol. The third kappa shape index (κ3) is 2.33. The second-order valence-electron chi connectivity index (χ2n) is 5.03. The van der Waals surface area contributed by atoms with Gasteiger partial charge in [0.25, 0.3) is 0 Å². The van der Waals surface area contributed by atoms with E-state index in [-0.39, 0.29) is 11.7 Å². The number of nitrogens with one attached hydrogen (secondary N) is 1. The molecule has 1 heterocycles. The number of fused-ring (bicyclic) bond motifs is 1. The van der Waals surface area contributed by atoms with Gasteiger partial charge >= 0.3 is 0 Å². The van der Waals surface area contributed by atoms with Crippen molar-refractivity contribution in [3.8, 4) is 0 Å². The molecule has 3 heteroatoms. The molecule has 0 radical (unpaired) electrons. The molecule has 1 aliphatic rings. The van der Waals surface area contributed by atoms with Gasteiger partial charge in [-0.2, -0.15) is 0 Å². The van der Waals surface area contributed by atoms with E-state index in [2.05, 4.69) is 30.4 Å². The molecule has 1 aliphatic heterocycles. The van der Waals surface area contributed by atoms with Gasteiger partial charge in [0.1, 0.15) is 5.82 Å². The van der Waals surface area contributed by atoms with Crippen LogP contribution >= 0.6 is 11.6 Å². The molecule has 98 valence electrons. The van der Waals surface area contributed by atoms with Crippen LogP contribution < -0.4 is 5.32 Å². The molecule has 0 aliphatic carbocycles. The Labute approximate surface area is 117 Å². The van der Waals surface area contributed by atoms with Crippen LogP contribution in [-0.4, -0.2) is 6.54 Å². The first-order chi connectivity index (χ1) is 9.15. The zero-order valence-electron chi connectivity index (χ0n) is 10.7. The van der Waals surface area contributed by atoms with Crippen molar-refractivity contribution in [2.45, 2.75) is 19.3 Å². The molecule has 2 aromatic rings. The van der Waals surface area contributed by atoms with Gasteiger partial charge < -0.3 is 5.32 Å². The number of anilines is 1. The number of aryl methyl sites for hydroxylation is 1. The molecule has 2 aromatic carbocycles. The van der Waals surface area contributed by atoms with Gasteiger partial charge in [-0.15, -0.1) is 0 Å². The fourth-order valence-electron chi connectivity index (χ4n) is 2.78. The standard InChI is InChI=1S/C16H15ClFN/c1-10-3-2-4-11(7-10)13-5-6-19-16-14(13)8-12(18)9-15(16)17/h2-4,7-9,13,19H,5-6H2,1H3. The Hall–Kier alpha value is -1.54. The highest BCUT2D eigenvalue weighted by atomic mass is 35.5. The fraction of sp³-hybridized carbons (Fsp3) is 0.250. The maximum Gasteiger partial charge on any atom is 0.125 e. The second kappa shape index (κ2) is 4.86. The Kier molecular flexibility index (Phi) is 3.19. The average Bonchev–Trinajstić information content (AvgIpc) is 2.38. The van der Waals surface area contributed by atoms with Crippen molar-refractivity contribution >= 4 is 17.3 Å². The van der Waals surface area contributed by atoms with Crippen LogP contribution in [-0.2, 0) is 0 Å². The fourth-order valence-corrected chi connectivity index (χ4v) is 3.07. The maximum absolute atomic E-state index is 13.6. The van der Waals surface area contributed by atoms with Crippen LogP contribution in [0.2, 0.25) is 5.02 Å². The molecule has 1 nitrogen and oxygen atoms in total. The molecule has 0 bridgehead atoms. The molecular weight excluding hydrogens is 261 g/mol. The Morgan fingerprint density at radius 1 is 1.26 bits per heavy atom. The van der Waals surface area contributed by atoms with Crippen molar-refractivity contribution in [1.29, 1.82) is 0 Å². The van der Waals surface area contributed by atoms with Crippen molar-refractivity contribution in [2.24, 2.45) is 0 Å². The largest absolute Gasteiger partial charge is 0.384 e. The van der Waals surface area contributed by atoms with Crippen LogP contribution in [0.25, 0.3) is 0 Å². The van der Waals surface area contributed by atoms with Gasteiger partial charge in [-0.3, -0.25) is 0 Å². The lowest BCUT2D eigenvalue weighted by Gasteiger charge is -2.28.